The van der Waals surface area contributed by atoms with E-state index in [4.69, 9.17) is 0 Å². The van der Waals surface area contributed by atoms with Gasteiger partial charge in [-0.15, -0.1) is 0 Å². The Kier molecular flexibility index (Phi) is 4.21. The molecule has 0 fully saturated rings. The van der Waals surface area contributed by atoms with Gasteiger partial charge in [-0.3, -0.25) is 19.1 Å². The van der Waals surface area contributed by atoms with Crippen LogP contribution in [0.25, 0.3) is 11.2 Å². The van der Waals surface area contributed by atoms with Crippen LogP contribution in [-0.2, 0) is 11.8 Å². The van der Waals surface area contributed by atoms with Gasteiger partial charge < -0.3 is 9.88 Å². The second-order valence-electron chi connectivity index (χ2n) is 4.81. The minimum absolute atomic E-state index is 0.0270. The van der Waals surface area contributed by atoms with Crippen LogP contribution in [0.15, 0.2) is 14.7 Å². The fraction of sp³-hybridized carbons (Fsp3) is 0.500. The number of nitrogens with one attached hydrogen (secondary N) is 2. The topological polar surface area (TPSA) is 102 Å². The number of rotatable bonds is 4. The maximum Gasteiger partial charge on any atom is 0.329 e. The van der Waals surface area contributed by atoms with Crippen molar-refractivity contribution in [2.45, 2.75) is 25.0 Å². The quantitative estimate of drug-likeness (QED) is 0.764. The van der Waals surface area contributed by atoms with Gasteiger partial charge in [0, 0.05) is 20.1 Å². The number of carbonyl (C=O) groups excluding carboxylic acids is 1. The molecule has 0 unspecified atom stereocenters. The summed E-state index contributed by atoms with van der Waals surface area (Å²) in [5.74, 6) is 0.0587. The first-order valence-corrected chi connectivity index (χ1v) is 7.40. The lowest BCUT2D eigenvalue weighted by molar-refractivity contribution is -0.118. The summed E-state index contributed by atoms with van der Waals surface area (Å²) in [6, 6.07) is -0.0270. The van der Waals surface area contributed by atoms with Gasteiger partial charge in [-0.1, -0.05) is 11.8 Å². The molecule has 1 amide bonds. The lowest BCUT2D eigenvalue weighted by Gasteiger charge is -2.11. The third-order valence-corrected chi connectivity index (χ3v) is 4.00. The van der Waals surface area contributed by atoms with Crippen molar-refractivity contribution in [2.24, 2.45) is 7.05 Å². The Morgan fingerprint density at radius 1 is 1.43 bits per heavy atom. The molecule has 0 aromatic carbocycles. The SMILES string of the molecule is CNC(=O)CSc1nc2c(c(=O)[nH]c(=O)n2C)n1C(C)C. The van der Waals surface area contributed by atoms with Gasteiger partial charge in [-0.2, -0.15) is 0 Å². The van der Waals surface area contributed by atoms with Crippen molar-refractivity contribution in [3.05, 3.63) is 20.8 Å². The van der Waals surface area contributed by atoms with Crippen LogP contribution < -0.4 is 16.6 Å². The fourth-order valence-corrected chi connectivity index (χ4v) is 2.96. The molecule has 0 spiro atoms. The highest BCUT2D eigenvalue weighted by atomic mass is 32.2. The van der Waals surface area contributed by atoms with Gasteiger partial charge in [0.15, 0.2) is 16.3 Å². The summed E-state index contributed by atoms with van der Waals surface area (Å²) in [6.07, 6.45) is 0. The summed E-state index contributed by atoms with van der Waals surface area (Å²) < 4.78 is 3.03. The van der Waals surface area contributed by atoms with Crippen molar-refractivity contribution in [3.8, 4) is 0 Å². The molecule has 0 atom stereocenters. The Morgan fingerprint density at radius 3 is 2.67 bits per heavy atom. The normalized spacial score (nSPS) is 11.3. The number of carbonyl (C=O) groups is 1. The Bertz CT molecular complexity index is 802. The van der Waals surface area contributed by atoms with Gasteiger partial charge >= 0.3 is 5.69 Å². The average molecular weight is 311 g/mol. The summed E-state index contributed by atoms with van der Waals surface area (Å²) in [6.45, 7) is 3.82. The van der Waals surface area contributed by atoms with Crippen molar-refractivity contribution in [1.29, 1.82) is 0 Å². The summed E-state index contributed by atoms with van der Waals surface area (Å²) in [4.78, 5) is 41.7. The van der Waals surface area contributed by atoms with E-state index in [-0.39, 0.29) is 17.7 Å². The van der Waals surface area contributed by atoms with E-state index in [2.05, 4.69) is 15.3 Å². The van der Waals surface area contributed by atoms with Crippen LogP contribution >= 0.6 is 11.8 Å². The average Bonchev–Trinajstić information content (AvgIpc) is 2.82. The first-order valence-electron chi connectivity index (χ1n) is 6.41. The van der Waals surface area contributed by atoms with Crippen LogP contribution in [0.2, 0.25) is 0 Å². The van der Waals surface area contributed by atoms with Gasteiger partial charge in [0.1, 0.15) is 0 Å². The van der Waals surface area contributed by atoms with E-state index < -0.39 is 11.2 Å². The van der Waals surface area contributed by atoms with E-state index >= 15 is 0 Å². The molecule has 0 aliphatic carbocycles. The zero-order valence-electron chi connectivity index (χ0n) is 12.3. The highest BCUT2D eigenvalue weighted by Gasteiger charge is 2.19. The number of imidazole rings is 1. The lowest BCUT2D eigenvalue weighted by atomic mass is 10.4. The second kappa shape index (κ2) is 5.76. The molecule has 2 aromatic heterocycles. The van der Waals surface area contributed by atoms with Gasteiger partial charge in [0.25, 0.3) is 5.56 Å². The van der Waals surface area contributed by atoms with Crippen molar-refractivity contribution in [2.75, 3.05) is 12.8 Å². The summed E-state index contributed by atoms with van der Waals surface area (Å²) >= 11 is 1.23. The summed E-state index contributed by atoms with van der Waals surface area (Å²) in [5, 5.41) is 3.07. The number of amides is 1. The van der Waals surface area contributed by atoms with Crippen molar-refractivity contribution < 1.29 is 4.79 Å². The zero-order chi connectivity index (χ0) is 15.7. The molecule has 21 heavy (non-hydrogen) atoms. The third-order valence-electron chi connectivity index (χ3n) is 3.05. The smallest absolute Gasteiger partial charge is 0.329 e. The third kappa shape index (κ3) is 2.73. The van der Waals surface area contributed by atoms with Gasteiger partial charge in [0.2, 0.25) is 5.91 Å². The first kappa shape index (κ1) is 15.4. The predicted molar refractivity (Wildman–Crippen MR) is 80.8 cm³/mol. The van der Waals surface area contributed by atoms with E-state index in [1.54, 1.807) is 18.7 Å². The maximum atomic E-state index is 12.1. The molecule has 0 bridgehead atoms. The van der Waals surface area contributed by atoms with Crippen LogP contribution in [0.4, 0.5) is 0 Å². The fourth-order valence-electron chi connectivity index (χ4n) is 1.97. The van der Waals surface area contributed by atoms with Crippen molar-refractivity contribution >= 4 is 28.8 Å². The molecule has 2 heterocycles. The molecule has 2 rings (SSSR count). The number of fused-ring (bicyclic) bond motifs is 1. The van der Waals surface area contributed by atoms with E-state index in [9.17, 15) is 14.4 Å². The summed E-state index contributed by atoms with van der Waals surface area (Å²) in [7, 11) is 3.11. The minimum Gasteiger partial charge on any atom is -0.358 e. The molecule has 114 valence electrons. The van der Waals surface area contributed by atoms with Crippen LogP contribution in [0.5, 0.6) is 0 Å². The molecule has 2 N–H and O–H groups in total. The van der Waals surface area contributed by atoms with E-state index in [1.807, 2.05) is 13.8 Å². The lowest BCUT2D eigenvalue weighted by Crippen LogP contribution is -2.29. The largest absolute Gasteiger partial charge is 0.358 e. The van der Waals surface area contributed by atoms with E-state index in [1.165, 1.54) is 16.3 Å². The minimum atomic E-state index is -0.510. The van der Waals surface area contributed by atoms with Crippen LogP contribution in [0.3, 0.4) is 0 Å². The number of thioether (sulfide) groups is 1. The standard InChI is InChI=1S/C12H17N5O3S/c1-6(2)17-8-9(16(4)11(20)15-10(8)19)14-12(17)21-5-7(18)13-3/h6H,5H2,1-4H3,(H,13,18)(H,15,19,20). The summed E-state index contributed by atoms with van der Waals surface area (Å²) in [5.41, 5.74) is -0.326. The van der Waals surface area contributed by atoms with Gasteiger partial charge in [-0.05, 0) is 13.8 Å². The van der Waals surface area contributed by atoms with Gasteiger partial charge in [0.05, 0.1) is 5.75 Å². The highest BCUT2D eigenvalue weighted by molar-refractivity contribution is 7.99. The van der Waals surface area contributed by atoms with Crippen LogP contribution in [0, 0.1) is 0 Å². The number of aromatic nitrogens is 4. The maximum absolute atomic E-state index is 12.1. The number of H-pyrrole nitrogens is 1. The number of hydrogen-bond acceptors (Lipinski definition) is 5. The number of aromatic amines is 1. The number of aryl methyl sites for hydroxylation is 1. The molecule has 9 heteroatoms. The zero-order valence-corrected chi connectivity index (χ0v) is 13.1. The molecule has 8 nitrogen and oxygen atoms in total. The van der Waals surface area contributed by atoms with Crippen molar-refractivity contribution in [1.82, 2.24) is 24.4 Å². The molecule has 0 aliphatic heterocycles. The molecule has 0 radical (unpaired) electrons. The molecule has 2 aromatic rings. The molecular formula is C12H17N5O3S. The van der Waals surface area contributed by atoms with Gasteiger partial charge in [-0.25, -0.2) is 9.78 Å². The second-order valence-corrected chi connectivity index (χ2v) is 5.75. The molecule has 0 aliphatic rings. The van der Waals surface area contributed by atoms with Crippen LogP contribution in [-0.4, -0.2) is 37.8 Å². The molecule has 0 saturated heterocycles. The molecular weight excluding hydrogens is 294 g/mol. The Morgan fingerprint density at radius 2 is 2.10 bits per heavy atom. The molecule has 0 saturated carbocycles. The Balaban J connectivity index is 2.66. The van der Waals surface area contributed by atoms with Crippen LogP contribution in [0.1, 0.15) is 19.9 Å². The highest BCUT2D eigenvalue weighted by Crippen LogP contribution is 2.25. The first-order chi connectivity index (χ1) is 9.86. The number of nitrogens with zero attached hydrogens (tertiary/aromatic N) is 3. The Labute approximate surface area is 124 Å². The number of hydrogen-bond donors (Lipinski definition) is 2. The Hall–Kier alpha value is -2.03. The monoisotopic (exact) mass is 311 g/mol. The predicted octanol–water partition coefficient (Wildman–Crippen LogP) is -0.158. The van der Waals surface area contributed by atoms with Crippen molar-refractivity contribution in [3.63, 3.8) is 0 Å². The van der Waals surface area contributed by atoms with E-state index in [0.29, 0.717) is 16.3 Å². The van der Waals surface area contributed by atoms with E-state index in [0.717, 1.165) is 0 Å².